The second-order valence-electron chi connectivity index (χ2n) is 4.97. The van der Waals surface area contributed by atoms with E-state index in [4.69, 9.17) is 5.73 Å². The van der Waals surface area contributed by atoms with Crippen LogP contribution in [-0.2, 0) is 6.42 Å². The Kier molecular flexibility index (Phi) is 3.24. The minimum atomic E-state index is -0.152. The number of imidazole rings is 1. The molecule has 0 unspecified atom stereocenters. The molecule has 0 aromatic carbocycles. The van der Waals surface area contributed by atoms with Gasteiger partial charge in [0, 0.05) is 29.9 Å². The summed E-state index contributed by atoms with van der Waals surface area (Å²) in [6.07, 6.45) is 7.20. The van der Waals surface area contributed by atoms with Crippen LogP contribution in [0.1, 0.15) is 26.1 Å². The van der Waals surface area contributed by atoms with Gasteiger partial charge in [-0.2, -0.15) is 0 Å². The average molecular weight is 230 g/mol. The van der Waals surface area contributed by atoms with Crippen LogP contribution in [0.4, 0.5) is 0 Å². The number of nitrogens with zero attached hydrogens (tertiary/aromatic N) is 2. The van der Waals surface area contributed by atoms with Gasteiger partial charge in [0.15, 0.2) is 0 Å². The summed E-state index contributed by atoms with van der Waals surface area (Å²) in [4.78, 5) is 11.7. The van der Waals surface area contributed by atoms with Gasteiger partial charge >= 0.3 is 0 Å². The Morgan fingerprint density at radius 2 is 2.18 bits per heavy atom. The molecule has 0 fully saturated rings. The second kappa shape index (κ2) is 4.67. The predicted molar refractivity (Wildman–Crippen MR) is 68.4 cm³/mol. The minimum absolute atomic E-state index is 0.152. The Hall–Kier alpha value is -1.68. The molecule has 4 nitrogen and oxygen atoms in total. The lowest BCUT2D eigenvalue weighted by atomic mass is 10.0. The van der Waals surface area contributed by atoms with E-state index in [-0.39, 0.29) is 5.54 Å². The van der Waals surface area contributed by atoms with E-state index >= 15 is 0 Å². The molecule has 4 heteroatoms. The minimum Gasteiger partial charge on any atom is -0.342 e. The first-order valence-electron chi connectivity index (χ1n) is 5.78. The summed E-state index contributed by atoms with van der Waals surface area (Å²) in [5.41, 5.74) is 7.85. The molecule has 17 heavy (non-hydrogen) atoms. The average Bonchev–Trinajstić information content (AvgIpc) is 2.75. The third-order valence-corrected chi connectivity index (χ3v) is 2.61. The maximum absolute atomic E-state index is 5.95. The molecule has 0 aliphatic carbocycles. The highest BCUT2D eigenvalue weighted by Crippen LogP contribution is 2.16. The fraction of sp³-hybridized carbons (Fsp3) is 0.385. The molecular formula is C13H18N4. The Bertz CT molecular complexity index is 468. The van der Waals surface area contributed by atoms with Crippen molar-refractivity contribution >= 4 is 0 Å². The molecule has 2 rings (SSSR count). The Labute approximate surface area is 101 Å². The molecular weight excluding hydrogens is 212 g/mol. The maximum Gasteiger partial charge on any atom is 0.106 e. The van der Waals surface area contributed by atoms with Gasteiger partial charge in [0.2, 0.25) is 0 Å². The fourth-order valence-corrected chi connectivity index (χ4v) is 1.60. The highest BCUT2D eigenvalue weighted by molar-refractivity contribution is 5.56. The van der Waals surface area contributed by atoms with Gasteiger partial charge in [-0.3, -0.25) is 4.98 Å². The standard InChI is InChI=1S/C13H18N4/c1-13(2,14)6-5-12-16-9-11(17-12)10-4-3-7-15-8-10/h3-4,7-9H,5-6,14H2,1-2H3,(H,16,17). The number of nitrogens with one attached hydrogen (secondary N) is 1. The molecule has 0 atom stereocenters. The summed E-state index contributed by atoms with van der Waals surface area (Å²) >= 11 is 0. The van der Waals surface area contributed by atoms with Crippen LogP contribution in [0.15, 0.2) is 30.7 Å². The molecule has 2 aromatic rings. The van der Waals surface area contributed by atoms with E-state index in [9.17, 15) is 0 Å². The lowest BCUT2D eigenvalue weighted by Crippen LogP contribution is -2.32. The molecule has 0 amide bonds. The number of aromatic nitrogens is 3. The summed E-state index contributed by atoms with van der Waals surface area (Å²) in [7, 11) is 0. The third kappa shape index (κ3) is 3.39. The summed E-state index contributed by atoms with van der Waals surface area (Å²) in [6.45, 7) is 4.05. The van der Waals surface area contributed by atoms with Crippen LogP contribution in [0, 0.1) is 0 Å². The molecule has 0 saturated heterocycles. The molecule has 2 aromatic heterocycles. The first-order valence-corrected chi connectivity index (χ1v) is 5.78. The Morgan fingerprint density at radius 1 is 1.35 bits per heavy atom. The third-order valence-electron chi connectivity index (χ3n) is 2.61. The van der Waals surface area contributed by atoms with E-state index in [0.29, 0.717) is 0 Å². The fourth-order valence-electron chi connectivity index (χ4n) is 1.60. The number of hydrogen-bond donors (Lipinski definition) is 2. The van der Waals surface area contributed by atoms with E-state index in [1.807, 2.05) is 38.4 Å². The van der Waals surface area contributed by atoms with Crippen LogP contribution in [-0.4, -0.2) is 20.5 Å². The Balaban J connectivity index is 2.07. The molecule has 0 saturated carbocycles. The number of pyridine rings is 1. The second-order valence-corrected chi connectivity index (χ2v) is 4.97. The van der Waals surface area contributed by atoms with E-state index in [2.05, 4.69) is 15.0 Å². The Morgan fingerprint density at radius 3 is 2.82 bits per heavy atom. The number of nitrogens with two attached hydrogens (primary N) is 1. The van der Waals surface area contributed by atoms with Gasteiger partial charge in [-0.1, -0.05) is 0 Å². The monoisotopic (exact) mass is 230 g/mol. The van der Waals surface area contributed by atoms with Crippen molar-refractivity contribution in [2.45, 2.75) is 32.2 Å². The molecule has 0 spiro atoms. The summed E-state index contributed by atoms with van der Waals surface area (Å²) < 4.78 is 0. The van der Waals surface area contributed by atoms with Crippen molar-refractivity contribution < 1.29 is 0 Å². The zero-order chi connectivity index (χ0) is 12.3. The summed E-state index contributed by atoms with van der Waals surface area (Å²) in [6, 6.07) is 3.93. The summed E-state index contributed by atoms with van der Waals surface area (Å²) in [5.74, 6) is 0.974. The number of H-pyrrole nitrogens is 1. The zero-order valence-electron chi connectivity index (χ0n) is 10.3. The van der Waals surface area contributed by atoms with Crippen LogP contribution in [0.2, 0.25) is 0 Å². The van der Waals surface area contributed by atoms with Crippen molar-refractivity contribution in [1.82, 2.24) is 15.0 Å². The van der Waals surface area contributed by atoms with Crippen LogP contribution < -0.4 is 5.73 Å². The van der Waals surface area contributed by atoms with Crippen molar-refractivity contribution in [3.8, 4) is 11.3 Å². The van der Waals surface area contributed by atoms with E-state index in [1.165, 1.54) is 0 Å². The van der Waals surface area contributed by atoms with Gasteiger partial charge in [0.25, 0.3) is 0 Å². The van der Waals surface area contributed by atoms with Crippen LogP contribution in [0.3, 0.4) is 0 Å². The van der Waals surface area contributed by atoms with Crippen LogP contribution in [0.25, 0.3) is 11.3 Å². The van der Waals surface area contributed by atoms with E-state index < -0.39 is 0 Å². The van der Waals surface area contributed by atoms with Crippen LogP contribution >= 0.6 is 0 Å². The van der Waals surface area contributed by atoms with Gasteiger partial charge < -0.3 is 10.7 Å². The number of aryl methyl sites for hydroxylation is 1. The number of rotatable bonds is 4. The largest absolute Gasteiger partial charge is 0.342 e. The smallest absolute Gasteiger partial charge is 0.106 e. The normalized spacial score (nSPS) is 11.7. The first-order chi connectivity index (χ1) is 8.04. The quantitative estimate of drug-likeness (QED) is 0.845. The van der Waals surface area contributed by atoms with Gasteiger partial charge in [-0.15, -0.1) is 0 Å². The zero-order valence-corrected chi connectivity index (χ0v) is 10.3. The molecule has 0 bridgehead atoms. The van der Waals surface area contributed by atoms with E-state index in [1.54, 1.807) is 6.20 Å². The van der Waals surface area contributed by atoms with Gasteiger partial charge in [-0.25, -0.2) is 4.98 Å². The van der Waals surface area contributed by atoms with Gasteiger partial charge in [-0.05, 0) is 32.4 Å². The van der Waals surface area contributed by atoms with Crippen molar-refractivity contribution in [3.05, 3.63) is 36.5 Å². The van der Waals surface area contributed by atoms with Gasteiger partial charge in [0.05, 0.1) is 11.9 Å². The molecule has 0 radical (unpaired) electrons. The molecule has 0 aliphatic heterocycles. The highest BCUT2D eigenvalue weighted by atomic mass is 14.9. The maximum atomic E-state index is 5.95. The van der Waals surface area contributed by atoms with Crippen LogP contribution in [0.5, 0.6) is 0 Å². The molecule has 3 N–H and O–H groups in total. The SMILES string of the molecule is CC(C)(N)CCc1ncc(-c2cccnc2)[nH]1. The lowest BCUT2D eigenvalue weighted by Gasteiger charge is -2.16. The first kappa shape index (κ1) is 11.8. The highest BCUT2D eigenvalue weighted by Gasteiger charge is 2.12. The number of aromatic amines is 1. The predicted octanol–water partition coefficient (Wildman–Crippen LogP) is 2.14. The van der Waals surface area contributed by atoms with Gasteiger partial charge in [0.1, 0.15) is 5.82 Å². The van der Waals surface area contributed by atoms with Crippen molar-refractivity contribution in [3.63, 3.8) is 0 Å². The molecule has 90 valence electrons. The number of hydrogen-bond acceptors (Lipinski definition) is 3. The van der Waals surface area contributed by atoms with E-state index in [0.717, 1.165) is 29.9 Å². The van der Waals surface area contributed by atoms with Crippen molar-refractivity contribution in [2.24, 2.45) is 5.73 Å². The molecule has 2 heterocycles. The topological polar surface area (TPSA) is 67.6 Å². The molecule has 0 aliphatic rings. The summed E-state index contributed by atoms with van der Waals surface area (Å²) in [5, 5.41) is 0. The van der Waals surface area contributed by atoms with Crippen molar-refractivity contribution in [2.75, 3.05) is 0 Å². The van der Waals surface area contributed by atoms with Crippen molar-refractivity contribution in [1.29, 1.82) is 0 Å². The lowest BCUT2D eigenvalue weighted by molar-refractivity contribution is 0.472.